The third kappa shape index (κ3) is 3.72. The van der Waals surface area contributed by atoms with Gasteiger partial charge >= 0.3 is 0 Å². The van der Waals surface area contributed by atoms with Crippen molar-refractivity contribution in [2.45, 2.75) is 60.3 Å². The fourth-order valence-electron chi connectivity index (χ4n) is 1.83. The molecule has 0 bridgehead atoms. The molecule has 0 saturated heterocycles. The number of carbonyl (C=O) groups is 1. The molecule has 0 atom stereocenters. The molecule has 0 saturated carbocycles. The van der Waals surface area contributed by atoms with E-state index in [2.05, 4.69) is 46.5 Å². The van der Waals surface area contributed by atoms with Crippen molar-refractivity contribution >= 4 is 5.78 Å². The first-order chi connectivity index (χ1) is 7.50. The molecule has 2 nitrogen and oxygen atoms in total. The highest BCUT2D eigenvalue weighted by atomic mass is 16.1. The summed E-state index contributed by atoms with van der Waals surface area (Å²) in [6.45, 7) is 14.7. The minimum atomic E-state index is 0.0443. The van der Waals surface area contributed by atoms with Gasteiger partial charge in [0.05, 0.1) is 0 Å². The number of nitrogens with one attached hydrogen (secondary N) is 1. The van der Waals surface area contributed by atoms with Crippen LogP contribution in [0.15, 0.2) is 6.07 Å². The molecule has 1 aromatic rings. The molecule has 17 heavy (non-hydrogen) atoms. The molecule has 1 rings (SSSR count). The first-order valence-corrected chi connectivity index (χ1v) is 6.24. The number of aromatic amines is 1. The van der Waals surface area contributed by atoms with Crippen molar-refractivity contribution in [3.05, 3.63) is 23.0 Å². The van der Waals surface area contributed by atoms with Crippen LogP contribution in [0.2, 0.25) is 0 Å². The van der Waals surface area contributed by atoms with Crippen molar-refractivity contribution in [3.8, 4) is 0 Å². The third-order valence-corrected chi connectivity index (χ3v) is 2.81. The minimum absolute atomic E-state index is 0.0443. The van der Waals surface area contributed by atoms with Gasteiger partial charge in [-0.2, -0.15) is 0 Å². The van der Waals surface area contributed by atoms with Crippen LogP contribution < -0.4 is 0 Å². The van der Waals surface area contributed by atoms with Gasteiger partial charge in [0.1, 0.15) is 0 Å². The second kappa shape index (κ2) is 4.32. The van der Waals surface area contributed by atoms with E-state index in [0.29, 0.717) is 6.42 Å². The van der Waals surface area contributed by atoms with Crippen LogP contribution in [-0.4, -0.2) is 10.8 Å². The lowest BCUT2D eigenvalue weighted by Gasteiger charge is -2.16. The summed E-state index contributed by atoms with van der Waals surface area (Å²) in [5.74, 6) is 0.238. The third-order valence-electron chi connectivity index (χ3n) is 2.81. The molecule has 0 fully saturated rings. The fraction of sp³-hybridized carbons (Fsp3) is 0.667. The van der Waals surface area contributed by atoms with Gasteiger partial charge in [-0.05, 0) is 18.4 Å². The molecule has 0 aromatic carbocycles. The Hall–Kier alpha value is -1.05. The van der Waals surface area contributed by atoms with E-state index < -0.39 is 0 Å². The first-order valence-electron chi connectivity index (χ1n) is 6.24. The highest BCUT2D eigenvalue weighted by Crippen LogP contribution is 2.27. The second-order valence-electron chi connectivity index (χ2n) is 7.13. The standard InChI is InChI=1S/C15H25NO/c1-10-11(12(17)9-14(2,3)4)8-13(16-10)15(5,6)7/h8,16H,9H2,1-7H3. The number of aromatic nitrogens is 1. The normalized spacial score (nSPS) is 12.9. The molecule has 0 aliphatic rings. The van der Waals surface area contributed by atoms with E-state index in [-0.39, 0.29) is 16.6 Å². The van der Waals surface area contributed by atoms with Crippen molar-refractivity contribution in [2.24, 2.45) is 5.41 Å². The maximum absolute atomic E-state index is 12.2. The zero-order valence-electron chi connectivity index (χ0n) is 12.2. The van der Waals surface area contributed by atoms with Crippen LogP contribution in [0.25, 0.3) is 0 Å². The van der Waals surface area contributed by atoms with Gasteiger partial charge < -0.3 is 4.98 Å². The van der Waals surface area contributed by atoms with Crippen LogP contribution in [0.4, 0.5) is 0 Å². The fourth-order valence-corrected chi connectivity index (χ4v) is 1.83. The zero-order valence-corrected chi connectivity index (χ0v) is 12.2. The Morgan fingerprint density at radius 2 is 1.71 bits per heavy atom. The van der Waals surface area contributed by atoms with Gasteiger partial charge in [0.2, 0.25) is 0 Å². The highest BCUT2D eigenvalue weighted by Gasteiger charge is 2.23. The van der Waals surface area contributed by atoms with E-state index in [9.17, 15) is 4.79 Å². The van der Waals surface area contributed by atoms with Crippen molar-refractivity contribution in [3.63, 3.8) is 0 Å². The lowest BCUT2D eigenvalue weighted by Crippen LogP contribution is -2.13. The maximum atomic E-state index is 12.2. The Labute approximate surface area is 105 Å². The van der Waals surface area contributed by atoms with E-state index in [4.69, 9.17) is 0 Å². The van der Waals surface area contributed by atoms with Crippen LogP contribution >= 0.6 is 0 Å². The van der Waals surface area contributed by atoms with Crippen LogP contribution in [0, 0.1) is 12.3 Å². The van der Waals surface area contributed by atoms with E-state index in [1.54, 1.807) is 0 Å². The van der Waals surface area contributed by atoms with E-state index in [0.717, 1.165) is 17.0 Å². The monoisotopic (exact) mass is 235 g/mol. The van der Waals surface area contributed by atoms with Gasteiger partial charge in [-0.1, -0.05) is 41.5 Å². The molecule has 96 valence electrons. The van der Waals surface area contributed by atoms with E-state index in [1.165, 1.54) is 0 Å². The summed E-state index contributed by atoms with van der Waals surface area (Å²) in [4.78, 5) is 15.5. The number of carbonyl (C=O) groups excluding carboxylic acids is 1. The van der Waals surface area contributed by atoms with Crippen molar-refractivity contribution in [1.82, 2.24) is 4.98 Å². The number of rotatable bonds is 2. The Bertz CT molecular complexity index is 413. The number of hydrogen-bond acceptors (Lipinski definition) is 1. The molecule has 0 radical (unpaired) electrons. The summed E-state index contributed by atoms with van der Waals surface area (Å²) in [5, 5.41) is 0. The molecule has 0 aliphatic carbocycles. The number of H-pyrrole nitrogens is 1. The summed E-state index contributed by atoms with van der Waals surface area (Å²) >= 11 is 0. The maximum Gasteiger partial charge on any atom is 0.165 e. The topological polar surface area (TPSA) is 32.9 Å². The van der Waals surface area contributed by atoms with Crippen molar-refractivity contribution in [1.29, 1.82) is 0 Å². The smallest absolute Gasteiger partial charge is 0.165 e. The molecule has 1 N–H and O–H groups in total. The van der Waals surface area contributed by atoms with Gasteiger partial charge in [-0.3, -0.25) is 4.79 Å². The summed E-state index contributed by atoms with van der Waals surface area (Å²) < 4.78 is 0. The van der Waals surface area contributed by atoms with Crippen LogP contribution in [-0.2, 0) is 5.41 Å². The Morgan fingerprint density at radius 3 is 2.06 bits per heavy atom. The van der Waals surface area contributed by atoms with Gasteiger partial charge in [-0.25, -0.2) is 0 Å². The lowest BCUT2D eigenvalue weighted by atomic mass is 9.87. The Balaban J connectivity index is 3.00. The van der Waals surface area contributed by atoms with Gasteiger partial charge in [-0.15, -0.1) is 0 Å². The second-order valence-corrected chi connectivity index (χ2v) is 7.13. The quantitative estimate of drug-likeness (QED) is 0.764. The summed E-state index contributed by atoms with van der Waals surface area (Å²) in [5.41, 5.74) is 3.08. The van der Waals surface area contributed by atoms with Crippen LogP contribution in [0.3, 0.4) is 0 Å². The average Bonchev–Trinajstić information content (AvgIpc) is 2.42. The minimum Gasteiger partial charge on any atom is -0.361 e. The molecule has 0 aliphatic heterocycles. The first kappa shape index (κ1) is 14.0. The molecule has 2 heteroatoms. The Morgan fingerprint density at radius 1 is 1.18 bits per heavy atom. The molecular weight excluding hydrogens is 210 g/mol. The molecule has 1 heterocycles. The molecule has 1 aromatic heterocycles. The zero-order chi connectivity index (χ0) is 13.4. The van der Waals surface area contributed by atoms with E-state index >= 15 is 0 Å². The molecule has 0 unspecified atom stereocenters. The van der Waals surface area contributed by atoms with Gasteiger partial charge in [0, 0.05) is 28.8 Å². The summed E-state index contributed by atoms with van der Waals surface area (Å²) in [7, 11) is 0. The van der Waals surface area contributed by atoms with E-state index in [1.807, 2.05) is 13.0 Å². The Kier molecular flexibility index (Phi) is 3.56. The largest absolute Gasteiger partial charge is 0.361 e. The van der Waals surface area contributed by atoms with Gasteiger partial charge in [0.15, 0.2) is 5.78 Å². The number of ketones is 1. The molecular formula is C15H25NO. The summed E-state index contributed by atoms with van der Waals surface area (Å²) in [6.07, 6.45) is 0.593. The number of hydrogen-bond donors (Lipinski definition) is 1. The number of Topliss-reactive ketones (excluding diaryl/α,β-unsaturated/α-hetero) is 1. The summed E-state index contributed by atoms with van der Waals surface area (Å²) in [6, 6.07) is 2.02. The number of aryl methyl sites for hydroxylation is 1. The van der Waals surface area contributed by atoms with Gasteiger partial charge in [0.25, 0.3) is 0 Å². The predicted molar refractivity (Wildman–Crippen MR) is 72.6 cm³/mol. The van der Waals surface area contributed by atoms with Crippen LogP contribution in [0.1, 0.15) is 69.7 Å². The molecule has 0 amide bonds. The predicted octanol–water partition coefficient (Wildman–Crippen LogP) is 4.24. The highest BCUT2D eigenvalue weighted by molar-refractivity contribution is 5.97. The molecule has 0 spiro atoms. The van der Waals surface area contributed by atoms with Crippen molar-refractivity contribution < 1.29 is 4.79 Å². The van der Waals surface area contributed by atoms with Crippen LogP contribution in [0.5, 0.6) is 0 Å². The van der Waals surface area contributed by atoms with Crippen molar-refractivity contribution in [2.75, 3.05) is 0 Å². The SMILES string of the molecule is Cc1[nH]c(C(C)(C)C)cc1C(=O)CC(C)(C)C. The lowest BCUT2D eigenvalue weighted by molar-refractivity contribution is 0.0939. The average molecular weight is 235 g/mol.